The third-order valence-electron chi connectivity index (χ3n) is 3.89. The van der Waals surface area contributed by atoms with Crippen LogP contribution in [0.25, 0.3) is 0 Å². The van der Waals surface area contributed by atoms with Crippen molar-refractivity contribution < 1.29 is 23.8 Å². The molecule has 0 atom stereocenters. The first-order chi connectivity index (χ1) is 18.2. The minimum absolute atomic E-state index is 0. The third kappa shape index (κ3) is 83.3. The van der Waals surface area contributed by atoms with E-state index in [0.717, 1.165) is 6.54 Å². The molecule has 0 heterocycles. The monoisotopic (exact) mass is 628 g/mol. The number of rotatable bonds is 8. The summed E-state index contributed by atoms with van der Waals surface area (Å²) >= 11 is 0. The van der Waals surface area contributed by atoms with Gasteiger partial charge in [-0.3, -0.25) is 9.59 Å². The van der Waals surface area contributed by atoms with Crippen molar-refractivity contribution >= 4 is 23.6 Å². The molecule has 1 amide bonds. The zero-order valence-corrected chi connectivity index (χ0v) is 24.8. The minimum Gasteiger partial charge on any atom is -0.344 e. The molecule has 0 saturated carbocycles. The van der Waals surface area contributed by atoms with Gasteiger partial charge in [-0.1, -0.05) is 138 Å². The first kappa shape index (κ1) is 68.0. The molecular weight excluding hydrogens is 552 g/mol. The van der Waals surface area contributed by atoms with E-state index < -0.39 is 0 Å². The van der Waals surface area contributed by atoms with Gasteiger partial charge in [0.2, 0.25) is 12.5 Å². The molecule has 0 aliphatic rings. The van der Waals surface area contributed by atoms with Gasteiger partial charge in [0, 0.05) is 19.8 Å². The highest BCUT2D eigenvalue weighted by atomic mass is 16.2. The fraction of sp³-hybridized carbons (Fsp3) is 0.556. The standard InChI is InChI=1S/C6H10NO2.2C6H6.C5H12N2O.C4H8O.C3H9N.6CH4/c1-3-7(5-8)4-6(2)9;2*1-2-4-6-5-3-1;1-3-5(8)7-4-6-2;1-3-4(2)5;1-3-4-2;;;;;;/h3-4H2,1-2H3;2*1-6H;6H,3-4H2,1-2H3,(H,7,8);3H2,1-2H3;4H,3H2,1-2H3;6*1H4/q+1;;;;;;;;;;;. The fourth-order valence-electron chi connectivity index (χ4n) is 1.56. The molecular formula is C36H75N4O4+. The number of nitrogens with zero attached hydrogens (tertiary/aromatic N) is 1. The van der Waals surface area contributed by atoms with Crippen molar-refractivity contribution in [1.29, 1.82) is 0 Å². The van der Waals surface area contributed by atoms with Gasteiger partial charge in [-0.25, -0.2) is 0 Å². The predicted octanol–water partition coefficient (Wildman–Crippen LogP) is 8.03. The van der Waals surface area contributed by atoms with Crippen molar-refractivity contribution in [2.45, 2.75) is 98.9 Å². The largest absolute Gasteiger partial charge is 0.424 e. The quantitative estimate of drug-likeness (QED) is 0.118. The maximum absolute atomic E-state index is 10.4. The summed E-state index contributed by atoms with van der Waals surface area (Å²) < 4.78 is 1.29. The number of benzene rings is 2. The lowest BCUT2D eigenvalue weighted by atomic mass is 10.4. The summed E-state index contributed by atoms with van der Waals surface area (Å²) in [6.45, 7) is 12.9. The second-order valence-electron chi connectivity index (χ2n) is 7.36. The highest BCUT2D eigenvalue weighted by molar-refractivity contribution is 5.76. The SMILES string of the molecule is C.C.C.C.C.C.CCC(=O)NCNC.CCC(C)=O.CCNC.CC[N+](=C=O)CC(C)=O.c1ccccc1.c1ccccc1. The van der Waals surface area contributed by atoms with E-state index >= 15 is 0 Å². The molecule has 8 heteroatoms. The zero-order valence-electron chi connectivity index (χ0n) is 24.8. The number of likely N-dealkylation sites (N-methyl/N-ethyl adjacent to an activating group) is 1. The maximum Gasteiger partial charge on any atom is 0.424 e. The third-order valence-corrected chi connectivity index (χ3v) is 3.89. The molecule has 0 fully saturated rings. The van der Waals surface area contributed by atoms with Gasteiger partial charge in [-0.2, -0.15) is 4.79 Å². The molecule has 44 heavy (non-hydrogen) atoms. The van der Waals surface area contributed by atoms with Crippen molar-refractivity contribution in [2.24, 2.45) is 0 Å². The normalized spacial score (nSPS) is 7.00. The second kappa shape index (κ2) is 63.0. The highest BCUT2D eigenvalue weighted by Gasteiger charge is 2.03. The van der Waals surface area contributed by atoms with Crippen LogP contribution in [0.4, 0.5) is 0 Å². The second-order valence-corrected chi connectivity index (χ2v) is 7.36. The molecule has 0 radical (unpaired) electrons. The topological polar surface area (TPSA) is 107 Å². The van der Waals surface area contributed by atoms with Crippen molar-refractivity contribution in [3.8, 4) is 0 Å². The lowest BCUT2D eigenvalue weighted by molar-refractivity contribution is -0.509. The fourth-order valence-corrected chi connectivity index (χ4v) is 1.56. The van der Waals surface area contributed by atoms with Crippen LogP contribution in [-0.2, 0) is 19.2 Å². The number of carbonyl (C=O) groups is 3. The molecule has 0 bridgehead atoms. The Hall–Kier alpha value is -3.45. The predicted molar refractivity (Wildman–Crippen MR) is 198 cm³/mol. The van der Waals surface area contributed by atoms with Crippen LogP contribution in [-0.4, -0.2) is 68.5 Å². The van der Waals surface area contributed by atoms with Gasteiger partial charge in [0.15, 0.2) is 12.3 Å². The Labute approximate surface area is 275 Å². The molecule has 0 saturated heterocycles. The van der Waals surface area contributed by atoms with Gasteiger partial charge in [-0.15, -0.1) is 4.58 Å². The lowest BCUT2D eigenvalue weighted by Crippen LogP contribution is -2.30. The molecule has 3 N–H and O–H groups in total. The van der Waals surface area contributed by atoms with Crippen LogP contribution >= 0.6 is 0 Å². The summed E-state index contributed by atoms with van der Waals surface area (Å²) in [5.41, 5.74) is 0. The number of amides is 1. The smallest absolute Gasteiger partial charge is 0.344 e. The number of carbonyl (C=O) groups excluding carboxylic acids is 4. The zero-order chi connectivity index (χ0) is 29.9. The highest BCUT2D eigenvalue weighted by Crippen LogP contribution is 1.80. The van der Waals surface area contributed by atoms with E-state index in [9.17, 15) is 19.2 Å². The molecule has 2 aromatic carbocycles. The van der Waals surface area contributed by atoms with Gasteiger partial charge in [-0.05, 0) is 34.5 Å². The average Bonchev–Trinajstić information content (AvgIpc) is 2.97. The number of nitrogens with one attached hydrogen (secondary N) is 3. The molecule has 0 spiro atoms. The van der Waals surface area contributed by atoms with Crippen molar-refractivity contribution in [1.82, 2.24) is 16.0 Å². The molecule has 2 rings (SSSR count). The number of hydrogen-bond donors (Lipinski definition) is 3. The average molecular weight is 628 g/mol. The summed E-state index contributed by atoms with van der Waals surface area (Å²) in [5, 5.41) is 8.36. The number of ketones is 2. The Kier molecular flexibility index (Phi) is 97.3. The summed E-state index contributed by atoms with van der Waals surface area (Å²) in [6.07, 6.45) is 2.87. The van der Waals surface area contributed by atoms with E-state index in [1.165, 1.54) is 11.5 Å². The van der Waals surface area contributed by atoms with E-state index in [-0.39, 0.29) is 68.6 Å². The van der Waals surface area contributed by atoms with Crippen LogP contribution in [0.2, 0.25) is 0 Å². The summed E-state index contributed by atoms with van der Waals surface area (Å²) in [5.74, 6) is 0.324. The van der Waals surface area contributed by atoms with Crippen LogP contribution in [0.15, 0.2) is 72.8 Å². The van der Waals surface area contributed by atoms with Crippen LogP contribution in [0.5, 0.6) is 0 Å². The van der Waals surface area contributed by atoms with E-state index in [1.807, 2.05) is 93.7 Å². The van der Waals surface area contributed by atoms with Gasteiger partial charge < -0.3 is 20.7 Å². The van der Waals surface area contributed by atoms with Crippen LogP contribution in [0.1, 0.15) is 98.9 Å². The van der Waals surface area contributed by atoms with E-state index in [4.69, 9.17) is 0 Å². The number of isocyanates is 1. The van der Waals surface area contributed by atoms with Crippen molar-refractivity contribution in [2.75, 3.05) is 40.4 Å². The van der Waals surface area contributed by atoms with E-state index in [2.05, 4.69) is 22.9 Å². The maximum atomic E-state index is 10.4. The molecule has 0 aliphatic heterocycles. The first-order valence-corrected chi connectivity index (χ1v) is 12.9. The summed E-state index contributed by atoms with van der Waals surface area (Å²) in [6, 6.07) is 24.0. The Bertz CT molecular complexity index is 724. The molecule has 0 unspecified atom stereocenters. The van der Waals surface area contributed by atoms with Gasteiger partial charge in [0.1, 0.15) is 5.78 Å². The lowest BCUT2D eigenvalue weighted by Gasteiger charge is -1.98. The Morgan fingerprint density at radius 1 is 0.591 bits per heavy atom. The Morgan fingerprint density at radius 3 is 1.00 bits per heavy atom. The van der Waals surface area contributed by atoms with Crippen LogP contribution in [0, 0.1) is 0 Å². The molecule has 262 valence electrons. The Balaban J connectivity index is -0.0000000389. The minimum atomic E-state index is -0.0137. The summed E-state index contributed by atoms with van der Waals surface area (Å²) in [4.78, 5) is 40.5. The number of Topliss-reactive ketones (excluding diaryl/α,β-unsaturated/α-hetero) is 2. The molecule has 0 aliphatic carbocycles. The van der Waals surface area contributed by atoms with E-state index in [0.29, 0.717) is 26.1 Å². The van der Waals surface area contributed by atoms with Gasteiger partial charge in [0.25, 0.3) is 0 Å². The van der Waals surface area contributed by atoms with Crippen LogP contribution < -0.4 is 16.0 Å². The molecule has 0 aromatic heterocycles. The number of hydrogen-bond acceptors (Lipinski definition) is 6. The van der Waals surface area contributed by atoms with Gasteiger partial charge in [0.05, 0.1) is 6.67 Å². The van der Waals surface area contributed by atoms with Crippen molar-refractivity contribution in [3.63, 3.8) is 0 Å². The first-order valence-electron chi connectivity index (χ1n) is 12.9. The summed E-state index contributed by atoms with van der Waals surface area (Å²) in [7, 11) is 3.72. The van der Waals surface area contributed by atoms with Gasteiger partial charge >= 0.3 is 6.08 Å². The van der Waals surface area contributed by atoms with E-state index in [1.54, 1.807) is 27.0 Å². The van der Waals surface area contributed by atoms with Crippen LogP contribution in [0.3, 0.4) is 0 Å². The Morgan fingerprint density at radius 2 is 0.886 bits per heavy atom. The van der Waals surface area contributed by atoms with Crippen molar-refractivity contribution in [3.05, 3.63) is 72.8 Å². The molecule has 8 nitrogen and oxygen atoms in total. The molecule has 2 aromatic rings.